The van der Waals surface area contributed by atoms with E-state index in [0.29, 0.717) is 12.5 Å². The van der Waals surface area contributed by atoms with Gasteiger partial charge in [0, 0.05) is 24.0 Å². The molecule has 2 rings (SSSR count). The van der Waals surface area contributed by atoms with Crippen molar-refractivity contribution in [3.63, 3.8) is 0 Å². The van der Waals surface area contributed by atoms with Gasteiger partial charge in [-0.2, -0.15) is 13.2 Å². The number of halogens is 3. The Morgan fingerprint density at radius 2 is 1.90 bits per heavy atom. The maximum absolute atomic E-state index is 13.1. The standard InChI is InChI=1S/C20H24F3NO5/c1-11-9-19(2,3)18(27)15(16(11)25)17(26)12-5-6-14(20(21,22)23)24-13(12)10-29-8-7-28-4/h5-6,11,15H,7-10H2,1-4H3. The first-order valence-electron chi connectivity index (χ1n) is 9.16. The zero-order valence-corrected chi connectivity index (χ0v) is 16.8. The minimum atomic E-state index is -4.71. The Balaban J connectivity index is 2.43. The van der Waals surface area contributed by atoms with Gasteiger partial charge in [-0.05, 0) is 18.6 Å². The van der Waals surface area contributed by atoms with Crippen LogP contribution >= 0.6 is 0 Å². The molecule has 1 saturated carbocycles. The molecule has 1 aliphatic carbocycles. The predicted molar refractivity (Wildman–Crippen MR) is 96.2 cm³/mol. The number of alkyl halides is 3. The summed E-state index contributed by atoms with van der Waals surface area (Å²) in [5.74, 6) is -3.96. The molecule has 0 bridgehead atoms. The van der Waals surface area contributed by atoms with E-state index < -0.39 is 46.5 Å². The smallest absolute Gasteiger partial charge is 0.382 e. The quantitative estimate of drug-likeness (QED) is 0.386. The van der Waals surface area contributed by atoms with Gasteiger partial charge in [-0.3, -0.25) is 14.4 Å². The summed E-state index contributed by atoms with van der Waals surface area (Å²) in [5, 5.41) is 0. The van der Waals surface area contributed by atoms with Gasteiger partial charge in [-0.15, -0.1) is 0 Å². The molecule has 1 aromatic heterocycles. The molecule has 6 nitrogen and oxygen atoms in total. The van der Waals surface area contributed by atoms with Crippen LogP contribution in [0.5, 0.6) is 0 Å². The van der Waals surface area contributed by atoms with E-state index >= 15 is 0 Å². The third-order valence-corrected chi connectivity index (χ3v) is 4.98. The zero-order valence-electron chi connectivity index (χ0n) is 16.8. The normalized spacial score (nSPS) is 22.0. The van der Waals surface area contributed by atoms with Gasteiger partial charge in [0.2, 0.25) is 0 Å². The molecular weight excluding hydrogens is 391 g/mol. The number of ketones is 3. The second kappa shape index (κ2) is 8.71. The molecule has 0 saturated heterocycles. The van der Waals surface area contributed by atoms with E-state index in [2.05, 4.69) is 4.98 Å². The molecule has 1 heterocycles. The maximum atomic E-state index is 13.1. The van der Waals surface area contributed by atoms with Crippen molar-refractivity contribution < 1.29 is 37.0 Å². The highest BCUT2D eigenvalue weighted by Crippen LogP contribution is 2.38. The number of carbonyl (C=O) groups is 3. The van der Waals surface area contributed by atoms with Crippen LogP contribution in [0.25, 0.3) is 0 Å². The van der Waals surface area contributed by atoms with E-state index in [1.165, 1.54) is 7.11 Å². The van der Waals surface area contributed by atoms with Crippen molar-refractivity contribution in [3.8, 4) is 0 Å². The SMILES string of the molecule is COCCOCc1nc(C(F)(F)F)ccc1C(=O)C1C(=O)C(C)CC(C)(C)C1=O. The lowest BCUT2D eigenvalue weighted by Crippen LogP contribution is -2.48. The van der Waals surface area contributed by atoms with Crippen LogP contribution in [-0.2, 0) is 31.8 Å². The summed E-state index contributed by atoms with van der Waals surface area (Å²) in [4.78, 5) is 42.0. The van der Waals surface area contributed by atoms with Crippen molar-refractivity contribution in [2.24, 2.45) is 17.3 Å². The molecule has 0 aliphatic heterocycles. The number of Topliss-reactive ketones (excluding diaryl/α,β-unsaturated/α-hetero) is 3. The summed E-state index contributed by atoms with van der Waals surface area (Å²) in [6.07, 6.45) is -4.40. The highest BCUT2D eigenvalue weighted by molar-refractivity contribution is 6.26. The molecule has 1 aromatic rings. The van der Waals surface area contributed by atoms with E-state index in [-0.39, 0.29) is 31.1 Å². The summed E-state index contributed by atoms with van der Waals surface area (Å²) in [7, 11) is 1.43. The van der Waals surface area contributed by atoms with Gasteiger partial charge in [0.15, 0.2) is 17.3 Å². The first kappa shape index (κ1) is 23.2. The van der Waals surface area contributed by atoms with Gasteiger partial charge in [0.05, 0.1) is 25.5 Å². The fourth-order valence-electron chi connectivity index (χ4n) is 3.48. The number of aromatic nitrogens is 1. The monoisotopic (exact) mass is 415 g/mol. The van der Waals surface area contributed by atoms with Crippen molar-refractivity contribution in [1.82, 2.24) is 4.98 Å². The van der Waals surface area contributed by atoms with Crippen molar-refractivity contribution >= 4 is 17.3 Å². The topological polar surface area (TPSA) is 82.6 Å². The van der Waals surface area contributed by atoms with Crippen LogP contribution in [0.1, 0.15) is 48.9 Å². The molecule has 0 amide bonds. The molecule has 29 heavy (non-hydrogen) atoms. The van der Waals surface area contributed by atoms with Crippen LogP contribution in [-0.4, -0.2) is 42.7 Å². The van der Waals surface area contributed by atoms with Crippen LogP contribution in [0.15, 0.2) is 12.1 Å². The third-order valence-electron chi connectivity index (χ3n) is 4.98. The molecule has 0 N–H and O–H groups in total. The van der Waals surface area contributed by atoms with E-state index in [9.17, 15) is 27.6 Å². The molecule has 1 aliphatic rings. The number of hydrogen-bond acceptors (Lipinski definition) is 6. The van der Waals surface area contributed by atoms with Gasteiger partial charge in [0.1, 0.15) is 11.6 Å². The number of rotatable bonds is 7. The largest absolute Gasteiger partial charge is 0.433 e. The van der Waals surface area contributed by atoms with Crippen molar-refractivity contribution in [2.45, 2.75) is 40.0 Å². The van der Waals surface area contributed by atoms with Gasteiger partial charge < -0.3 is 9.47 Å². The van der Waals surface area contributed by atoms with Crippen LogP contribution < -0.4 is 0 Å². The number of methoxy groups -OCH3 is 1. The highest BCUT2D eigenvalue weighted by atomic mass is 19.4. The van der Waals surface area contributed by atoms with Crippen molar-refractivity contribution in [2.75, 3.05) is 20.3 Å². The fourth-order valence-corrected chi connectivity index (χ4v) is 3.48. The molecule has 0 spiro atoms. The summed E-state index contributed by atoms with van der Waals surface area (Å²) in [5.41, 5.74) is -2.55. The Bertz CT molecular complexity index is 804. The predicted octanol–water partition coefficient (Wildman–Crippen LogP) is 3.27. The van der Waals surface area contributed by atoms with Crippen molar-refractivity contribution in [3.05, 3.63) is 29.1 Å². The minimum Gasteiger partial charge on any atom is -0.382 e. The molecular formula is C20H24F3NO5. The van der Waals surface area contributed by atoms with Crippen molar-refractivity contribution in [1.29, 1.82) is 0 Å². The Morgan fingerprint density at radius 3 is 2.48 bits per heavy atom. The molecule has 160 valence electrons. The van der Waals surface area contributed by atoms with E-state index in [1.807, 2.05) is 0 Å². The number of pyridine rings is 1. The number of hydrogen-bond donors (Lipinski definition) is 0. The molecule has 9 heteroatoms. The van der Waals surface area contributed by atoms with Crippen LogP contribution in [0.4, 0.5) is 13.2 Å². The average molecular weight is 415 g/mol. The Morgan fingerprint density at radius 1 is 1.24 bits per heavy atom. The summed E-state index contributed by atoms with van der Waals surface area (Å²) >= 11 is 0. The second-order valence-electron chi connectivity index (χ2n) is 7.79. The molecule has 1 fully saturated rings. The minimum absolute atomic E-state index is 0.0768. The third kappa shape index (κ3) is 5.08. The lowest BCUT2D eigenvalue weighted by Gasteiger charge is -2.35. The molecule has 2 unspecified atom stereocenters. The average Bonchev–Trinajstić information content (AvgIpc) is 2.62. The van der Waals surface area contributed by atoms with E-state index in [4.69, 9.17) is 9.47 Å². The molecule has 2 atom stereocenters. The van der Waals surface area contributed by atoms with E-state index in [1.54, 1.807) is 20.8 Å². The Hall–Kier alpha value is -2.13. The van der Waals surface area contributed by atoms with Crippen LogP contribution in [0.3, 0.4) is 0 Å². The lowest BCUT2D eigenvalue weighted by atomic mass is 9.64. The second-order valence-corrected chi connectivity index (χ2v) is 7.79. The highest BCUT2D eigenvalue weighted by Gasteiger charge is 2.49. The molecule has 0 radical (unpaired) electrons. The summed E-state index contributed by atoms with van der Waals surface area (Å²) in [6, 6.07) is 1.62. The van der Waals surface area contributed by atoms with E-state index in [0.717, 1.165) is 6.07 Å². The van der Waals surface area contributed by atoms with Gasteiger partial charge >= 0.3 is 6.18 Å². The fraction of sp³-hybridized carbons (Fsp3) is 0.600. The number of carbonyl (C=O) groups excluding carboxylic acids is 3. The maximum Gasteiger partial charge on any atom is 0.433 e. The summed E-state index contributed by atoms with van der Waals surface area (Å²) < 4.78 is 49.2. The van der Waals surface area contributed by atoms with Gasteiger partial charge in [0.25, 0.3) is 0 Å². The van der Waals surface area contributed by atoms with Crippen LogP contribution in [0, 0.1) is 17.3 Å². The number of ether oxygens (including phenoxy) is 2. The summed E-state index contributed by atoms with van der Waals surface area (Å²) in [6.45, 7) is 4.83. The molecule has 0 aromatic carbocycles. The first-order chi connectivity index (χ1) is 13.4. The van der Waals surface area contributed by atoms with Crippen LogP contribution in [0.2, 0.25) is 0 Å². The lowest BCUT2D eigenvalue weighted by molar-refractivity contribution is -0.144. The van der Waals surface area contributed by atoms with Gasteiger partial charge in [-0.25, -0.2) is 4.98 Å². The van der Waals surface area contributed by atoms with Gasteiger partial charge in [-0.1, -0.05) is 20.8 Å². The Kier molecular flexibility index (Phi) is 6.95. The number of nitrogens with zero attached hydrogens (tertiary/aromatic N) is 1. The first-order valence-corrected chi connectivity index (χ1v) is 9.16. The Labute approximate surface area is 166 Å². The zero-order chi connectivity index (χ0) is 22.0.